The Labute approximate surface area is 80.4 Å². The van der Waals surface area contributed by atoms with E-state index >= 15 is 0 Å². The van der Waals surface area contributed by atoms with Gasteiger partial charge in [-0.25, -0.2) is 0 Å². The second-order valence-electron chi connectivity index (χ2n) is 3.43. The molecule has 0 rings (SSSR count). The van der Waals surface area contributed by atoms with Gasteiger partial charge < -0.3 is 10.5 Å². The van der Waals surface area contributed by atoms with Crippen LogP contribution in [-0.2, 0) is 9.53 Å². The van der Waals surface area contributed by atoms with Crippen LogP contribution in [0.1, 0.15) is 20.3 Å². The number of hydrogen-bond acceptors (Lipinski definition) is 3. The van der Waals surface area contributed by atoms with Crippen molar-refractivity contribution in [2.75, 3.05) is 6.61 Å². The normalized spacial score (nSPS) is 14.2. The number of ether oxygens (including phenoxy) is 1. The molecule has 2 N–H and O–H groups in total. The van der Waals surface area contributed by atoms with Crippen molar-refractivity contribution in [3.05, 3.63) is 0 Å². The minimum absolute atomic E-state index is 0.0982. The van der Waals surface area contributed by atoms with E-state index in [4.69, 9.17) is 5.73 Å². The summed E-state index contributed by atoms with van der Waals surface area (Å²) >= 11 is 0. The first-order valence-electron chi connectivity index (χ1n) is 4.21. The Morgan fingerprint density at radius 1 is 1.43 bits per heavy atom. The Bertz CT molecular complexity index is 192. The van der Waals surface area contributed by atoms with Gasteiger partial charge in [-0.05, 0) is 5.92 Å². The monoisotopic (exact) mass is 213 g/mol. The highest BCUT2D eigenvalue weighted by Crippen LogP contribution is 2.20. The van der Waals surface area contributed by atoms with E-state index in [2.05, 4.69) is 4.74 Å². The molecule has 3 nitrogen and oxygen atoms in total. The van der Waals surface area contributed by atoms with Crippen molar-refractivity contribution in [1.29, 1.82) is 0 Å². The molecule has 0 aromatic carbocycles. The summed E-state index contributed by atoms with van der Waals surface area (Å²) in [6.45, 7) is 3.69. The summed E-state index contributed by atoms with van der Waals surface area (Å²) in [5.74, 6) is -0.815. The summed E-state index contributed by atoms with van der Waals surface area (Å²) in [5, 5.41) is 0. The molecule has 0 saturated heterocycles. The zero-order valence-corrected chi connectivity index (χ0v) is 8.10. The van der Waals surface area contributed by atoms with E-state index in [0.717, 1.165) is 0 Å². The molecule has 6 heteroatoms. The van der Waals surface area contributed by atoms with Crippen LogP contribution in [0.2, 0.25) is 0 Å². The van der Waals surface area contributed by atoms with Crippen LogP contribution < -0.4 is 5.73 Å². The molecule has 0 aliphatic carbocycles. The van der Waals surface area contributed by atoms with Crippen molar-refractivity contribution in [1.82, 2.24) is 0 Å². The molecular weight excluding hydrogens is 199 g/mol. The van der Waals surface area contributed by atoms with Crippen LogP contribution in [0.25, 0.3) is 0 Å². The Morgan fingerprint density at radius 2 is 1.93 bits per heavy atom. The fourth-order valence-electron chi connectivity index (χ4n) is 0.614. The number of carbonyl (C=O) groups is 1. The molecule has 0 bridgehead atoms. The molecule has 1 atom stereocenters. The van der Waals surface area contributed by atoms with Crippen LogP contribution in [0.5, 0.6) is 0 Å². The maximum Gasteiger partial charge on any atom is 0.404 e. The lowest BCUT2D eigenvalue weighted by Crippen LogP contribution is -2.39. The van der Waals surface area contributed by atoms with Crippen LogP contribution >= 0.6 is 0 Å². The van der Waals surface area contributed by atoms with Crippen molar-refractivity contribution < 1.29 is 22.7 Å². The van der Waals surface area contributed by atoms with Gasteiger partial charge in [0.2, 0.25) is 0 Å². The Kier molecular flexibility index (Phi) is 4.90. The minimum atomic E-state index is -4.54. The lowest BCUT2D eigenvalue weighted by atomic mass is 10.2. The zero-order chi connectivity index (χ0) is 11.4. The molecule has 0 aliphatic rings. The Morgan fingerprint density at radius 3 is 2.29 bits per heavy atom. The molecule has 0 spiro atoms. The molecule has 14 heavy (non-hydrogen) atoms. The Hall–Kier alpha value is -0.780. The highest BCUT2D eigenvalue weighted by Gasteiger charge is 2.38. The molecule has 0 fully saturated rings. The van der Waals surface area contributed by atoms with Crippen molar-refractivity contribution in [2.24, 2.45) is 11.7 Å². The number of hydrogen-bond donors (Lipinski definition) is 1. The van der Waals surface area contributed by atoms with E-state index in [1.165, 1.54) is 0 Å². The molecule has 84 valence electrons. The highest BCUT2D eigenvalue weighted by atomic mass is 19.4. The number of esters is 1. The van der Waals surface area contributed by atoms with Crippen molar-refractivity contribution in [3.63, 3.8) is 0 Å². The van der Waals surface area contributed by atoms with E-state index < -0.39 is 24.6 Å². The van der Waals surface area contributed by atoms with Gasteiger partial charge in [0.05, 0.1) is 13.0 Å². The van der Waals surface area contributed by atoms with Crippen LogP contribution in [0, 0.1) is 5.92 Å². The van der Waals surface area contributed by atoms with Crippen molar-refractivity contribution in [2.45, 2.75) is 32.5 Å². The van der Waals surface area contributed by atoms with E-state index in [1.54, 1.807) is 13.8 Å². The maximum absolute atomic E-state index is 11.9. The third kappa shape index (κ3) is 5.80. The van der Waals surface area contributed by atoms with E-state index in [1.807, 2.05) is 0 Å². The average molecular weight is 213 g/mol. The number of rotatable bonds is 4. The molecule has 0 saturated carbocycles. The van der Waals surface area contributed by atoms with Gasteiger partial charge in [0.25, 0.3) is 0 Å². The van der Waals surface area contributed by atoms with E-state index in [0.29, 0.717) is 0 Å². The number of halogens is 3. The second-order valence-corrected chi connectivity index (χ2v) is 3.43. The summed E-state index contributed by atoms with van der Waals surface area (Å²) in [6.07, 6.45) is -5.37. The van der Waals surface area contributed by atoms with Gasteiger partial charge in [-0.15, -0.1) is 0 Å². The van der Waals surface area contributed by atoms with Crippen LogP contribution in [0.3, 0.4) is 0 Å². The van der Waals surface area contributed by atoms with E-state index in [9.17, 15) is 18.0 Å². The molecule has 0 aliphatic heterocycles. The summed E-state index contributed by atoms with van der Waals surface area (Å²) < 4.78 is 40.2. The third-order valence-electron chi connectivity index (χ3n) is 1.38. The minimum Gasteiger partial charge on any atom is -0.465 e. The topological polar surface area (TPSA) is 52.3 Å². The molecule has 0 heterocycles. The molecule has 0 amide bonds. The molecular formula is C8H14F3NO2. The van der Waals surface area contributed by atoms with Gasteiger partial charge >= 0.3 is 12.1 Å². The second kappa shape index (κ2) is 5.19. The molecule has 0 aromatic rings. The first-order valence-corrected chi connectivity index (χ1v) is 4.21. The number of carbonyl (C=O) groups excluding carboxylic acids is 1. The summed E-state index contributed by atoms with van der Waals surface area (Å²) in [5.41, 5.74) is 4.73. The lowest BCUT2D eigenvalue weighted by molar-refractivity contribution is -0.164. The predicted molar refractivity (Wildman–Crippen MR) is 44.4 cm³/mol. The Balaban J connectivity index is 3.84. The van der Waals surface area contributed by atoms with Crippen molar-refractivity contribution in [3.8, 4) is 0 Å². The first-order chi connectivity index (χ1) is 6.23. The largest absolute Gasteiger partial charge is 0.465 e. The van der Waals surface area contributed by atoms with Crippen LogP contribution in [0.4, 0.5) is 13.2 Å². The summed E-state index contributed by atoms with van der Waals surface area (Å²) in [4.78, 5) is 10.8. The number of nitrogens with two attached hydrogens (primary N) is 1. The molecule has 0 aromatic heterocycles. The van der Waals surface area contributed by atoms with Gasteiger partial charge in [-0.2, -0.15) is 13.2 Å². The van der Waals surface area contributed by atoms with Crippen molar-refractivity contribution >= 4 is 5.97 Å². The van der Waals surface area contributed by atoms with Crippen LogP contribution in [-0.4, -0.2) is 24.8 Å². The lowest BCUT2D eigenvalue weighted by Gasteiger charge is -2.15. The van der Waals surface area contributed by atoms with Gasteiger partial charge in [-0.3, -0.25) is 4.79 Å². The SMILES string of the molecule is CC(C)COC(=O)C[C@@H](N)C(F)(F)F. The van der Waals surface area contributed by atoms with Gasteiger partial charge in [0.15, 0.2) is 0 Å². The average Bonchev–Trinajstić information content (AvgIpc) is 1.99. The highest BCUT2D eigenvalue weighted by molar-refractivity contribution is 5.70. The molecule has 0 radical (unpaired) electrons. The standard InChI is InChI=1S/C8H14F3NO2/c1-5(2)4-14-7(13)3-6(12)8(9,10)11/h5-6H,3-4,12H2,1-2H3/t6-/m1/s1. The maximum atomic E-state index is 11.9. The molecule has 0 unspecified atom stereocenters. The van der Waals surface area contributed by atoms with Gasteiger partial charge in [-0.1, -0.05) is 13.8 Å². The summed E-state index contributed by atoms with van der Waals surface area (Å²) in [6, 6.07) is -2.14. The summed E-state index contributed by atoms with van der Waals surface area (Å²) in [7, 11) is 0. The smallest absolute Gasteiger partial charge is 0.404 e. The fourth-order valence-corrected chi connectivity index (χ4v) is 0.614. The third-order valence-corrected chi connectivity index (χ3v) is 1.38. The first kappa shape index (κ1) is 13.2. The van der Waals surface area contributed by atoms with Gasteiger partial charge in [0.1, 0.15) is 6.04 Å². The van der Waals surface area contributed by atoms with Crippen LogP contribution in [0.15, 0.2) is 0 Å². The zero-order valence-electron chi connectivity index (χ0n) is 8.10. The predicted octanol–water partition coefficient (Wildman–Crippen LogP) is 1.47. The van der Waals surface area contributed by atoms with E-state index in [-0.39, 0.29) is 12.5 Å². The fraction of sp³-hybridized carbons (Fsp3) is 0.875. The quantitative estimate of drug-likeness (QED) is 0.719. The number of alkyl halides is 3. The van der Waals surface area contributed by atoms with Gasteiger partial charge in [0, 0.05) is 0 Å².